The molecule has 2 aromatic carbocycles. The normalized spacial score (nSPS) is 14.7. The highest BCUT2D eigenvalue weighted by Crippen LogP contribution is 2.32. The van der Waals surface area contributed by atoms with Gasteiger partial charge < -0.3 is 19.5 Å². The van der Waals surface area contributed by atoms with E-state index in [1.54, 1.807) is 13.8 Å². The Morgan fingerprint density at radius 1 is 1.03 bits per heavy atom. The summed E-state index contributed by atoms with van der Waals surface area (Å²) in [6.45, 7) is 1.31. The highest BCUT2D eigenvalue weighted by Gasteiger charge is 2.29. The number of rotatable bonds is 8. The first-order valence-electron chi connectivity index (χ1n) is 9.93. The van der Waals surface area contributed by atoms with Crippen LogP contribution >= 0.6 is 0 Å². The van der Waals surface area contributed by atoms with E-state index in [4.69, 9.17) is 9.47 Å². The molecule has 0 aliphatic carbocycles. The smallest absolute Gasteiger partial charge is 0.387 e. The van der Waals surface area contributed by atoms with Gasteiger partial charge in [-0.05, 0) is 42.3 Å². The number of fused-ring (bicyclic) bond motifs is 1. The van der Waals surface area contributed by atoms with Gasteiger partial charge in [-0.15, -0.1) is 0 Å². The van der Waals surface area contributed by atoms with Gasteiger partial charge in [-0.2, -0.15) is 13.5 Å². The molecule has 0 saturated heterocycles. The predicted octanol–water partition coefficient (Wildman–Crippen LogP) is 3.39. The maximum Gasteiger partial charge on any atom is 0.387 e. The minimum absolute atomic E-state index is 0.0614. The van der Waals surface area contributed by atoms with Crippen LogP contribution < -0.4 is 24.2 Å². The van der Waals surface area contributed by atoms with Gasteiger partial charge in [0.15, 0.2) is 11.5 Å². The molecule has 8 nitrogen and oxygen atoms in total. The van der Waals surface area contributed by atoms with E-state index in [1.807, 2.05) is 0 Å². The largest absolute Gasteiger partial charge is 0.490 e. The Morgan fingerprint density at radius 2 is 1.69 bits per heavy atom. The van der Waals surface area contributed by atoms with E-state index in [0.29, 0.717) is 36.8 Å². The number of alkyl halides is 2. The first kappa shape index (κ1) is 23.7. The zero-order valence-electron chi connectivity index (χ0n) is 17.5. The number of hydrogen-bond donors (Lipinski definition) is 2. The maximum absolute atomic E-state index is 12.9. The van der Waals surface area contributed by atoms with Crippen molar-refractivity contribution in [3.8, 4) is 17.2 Å². The van der Waals surface area contributed by atoms with E-state index in [0.717, 1.165) is 0 Å². The minimum atomic E-state index is -4.06. The Labute approximate surface area is 184 Å². The van der Waals surface area contributed by atoms with Crippen molar-refractivity contribution in [2.75, 3.05) is 18.5 Å². The van der Waals surface area contributed by atoms with Crippen molar-refractivity contribution in [3.05, 3.63) is 42.5 Å². The van der Waals surface area contributed by atoms with E-state index < -0.39 is 28.6 Å². The van der Waals surface area contributed by atoms with E-state index in [2.05, 4.69) is 14.8 Å². The summed E-state index contributed by atoms with van der Waals surface area (Å²) in [7, 11) is -4.06. The summed E-state index contributed by atoms with van der Waals surface area (Å²) in [4.78, 5) is 12.7. The number of benzene rings is 2. The number of carbonyl (C=O) groups excluding carboxylic acids is 1. The van der Waals surface area contributed by atoms with Gasteiger partial charge in [0.2, 0.25) is 15.9 Å². The van der Waals surface area contributed by atoms with Crippen LogP contribution in [0.25, 0.3) is 0 Å². The van der Waals surface area contributed by atoms with Crippen LogP contribution in [0.5, 0.6) is 17.2 Å². The Balaban J connectivity index is 1.74. The third-order valence-electron chi connectivity index (χ3n) is 4.61. The average Bonchev–Trinajstić information content (AvgIpc) is 2.97. The molecule has 1 amide bonds. The lowest BCUT2D eigenvalue weighted by Gasteiger charge is -2.22. The quantitative estimate of drug-likeness (QED) is 0.613. The lowest BCUT2D eigenvalue weighted by molar-refractivity contribution is -0.118. The molecule has 1 aliphatic heterocycles. The standard InChI is InChI=1S/C21H24F2N2O6S/c1-13(2)19(20(26)24-14-4-6-15(7-5-14)31-21(22)23)25-32(27,28)16-8-9-17-18(12-16)30-11-3-10-29-17/h4-9,12-13,19,21,25H,3,10-11H2,1-2H3,(H,24,26). The summed E-state index contributed by atoms with van der Waals surface area (Å²) in [5, 5.41) is 2.58. The highest BCUT2D eigenvalue weighted by atomic mass is 32.2. The zero-order valence-corrected chi connectivity index (χ0v) is 18.3. The van der Waals surface area contributed by atoms with Crippen molar-refractivity contribution in [2.24, 2.45) is 5.92 Å². The van der Waals surface area contributed by atoms with E-state index >= 15 is 0 Å². The molecule has 0 radical (unpaired) electrons. The Hall–Kier alpha value is -2.92. The molecule has 2 aromatic rings. The van der Waals surface area contributed by atoms with Gasteiger partial charge in [0, 0.05) is 18.2 Å². The predicted molar refractivity (Wildman–Crippen MR) is 113 cm³/mol. The van der Waals surface area contributed by atoms with Gasteiger partial charge in [0.25, 0.3) is 0 Å². The molecule has 0 fully saturated rings. The molecule has 1 aliphatic rings. The maximum atomic E-state index is 12.9. The molecule has 1 heterocycles. The van der Waals surface area contributed by atoms with Crippen molar-refractivity contribution >= 4 is 21.6 Å². The van der Waals surface area contributed by atoms with Crippen LogP contribution in [-0.4, -0.2) is 40.2 Å². The molecule has 0 aromatic heterocycles. The van der Waals surface area contributed by atoms with E-state index in [9.17, 15) is 22.0 Å². The number of anilines is 1. The number of carbonyl (C=O) groups is 1. The minimum Gasteiger partial charge on any atom is -0.490 e. The SMILES string of the molecule is CC(C)C(NS(=O)(=O)c1ccc2c(c1)OCCCO2)C(=O)Nc1ccc(OC(F)F)cc1. The third kappa shape index (κ3) is 6.07. The number of nitrogens with one attached hydrogen (secondary N) is 2. The lowest BCUT2D eigenvalue weighted by atomic mass is 10.0. The van der Waals surface area contributed by atoms with Crippen LogP contribution in [0, 0.1) is 5.92 Å². The molecule has 32 heavy (non-hydrogen) atoms. The first-order chi connectivity index (χ1) is 15.2. The number of hydrogen-bond acceptors (Lipinski definition) is 6. The monoisotopic (exact) mass is 470 g/mol. The summed E-state index contributed by atoms with van der Waals surface area (Å²) in [6, 6.07) is 8.47. The molecule has 1 unspecified atom stereocenters. The number of ether oxygens (including phenoxy) is 3. The van der Waals surface area contributed by atoms with Crippen LogP contribution in [0.3, 0.4) is 0 Å². The van der Waals surface area contributed by atoms with Gasteiger partial charge in [0.05, 0.1) is 18.1 Å². The molecule has 11 heteroatoms. The summed E-state index contributed by atoms with van der Waals surface area (Å²) in [5.41, 5.74) is 0.303. The number of sulfonamides is 1. The van der Waals surface area contributed by atoms with Crippen molar-refractivity contribution in [1.29, 1.82) is 0 Å². The zero-order chi connectivity index (χ0) is 23.3. The van der Waals surface area contributed by atoms with Crippen LogP contribution in [0.4, 0.5) is 14.5 Å². The van der Waals surface area contributed by atoms with Crippen molar-refractivity contribution < 1.29 is 36.2 Å². The van der Waals surface area contributed by atoms with Crippen molar-refractivity contribution in [3.63, 3.8) is 0 Å². The van der Waals surface area contributed by atoms with Crippen LogP contribution in [0.2, 0.25) is 0 Å². The van der Waals surface area contributed by atoms with Gasteiger partial charge in [-0.1, -0.05) is 13.8 Å². The summed E-state index contributed by atoms with van der Waals surface area (Å²) < 4.78 is 68.2. The summed E-state index contributed by atoms with van der Waals surface area (Å²) in [5.74, 6) is -0.263. The van der Waals surface area contributed by atoms with E-state index in [1.165, 1.54) is 42.5 Å². The van der Waals surface area contributed by atoms with Crippen LogP contribution in [0.15, 0.2) is 47.4 Å². The topological polar surface area (TPSA) is 103 Å². The molecular weight excluding hydrogens is 446 g/mol. The van der Waals surface area contributed by atoms with Gasteiger partial charge >= 0.3 is 6.61 Å². The van der Waals surface area contributed by atoms with Crippen LogP contribution in [0.1, 0.15) is 20.3 Å². The van der Waals surface area contributed by atoms with Crippen LogP contribution in [-0.2, 0) is 14.8 Å². The molecule has 0 bridgehead atoms. The molecule has 1 atom stereocenters. The van der Waals surface area contributed by atoms with Gasteiger partial charge in [-0.25, -0.2) is 8.42 Å². The van der Waals surface area contributed by atoms with Crippen molar-refractivity contribution in [2.45, 2.75) is 37.8 Å². The first-order valence-corrected chi connectivity index (χ1v) is 11.4. The number of halogens is 2. The Kier molecular flexibility index (Phi) is 7.52. The fourth-order valence-electron chi connectivity index (χ4n) is 2.98. The van der Waals surface area contributed by atoms with Gasteiger partial charge in [0.1, 0.15) is 11.8 Å². The van der Waals surface area contributed by atoms with E-state index in [-0.39, 0.29) is 16.6 Å². The average molecular weight is 470 g/mol. The Morgan fingerprint density at radius 3 is 2.31 bits per heavy atom. The molecule has 2 N–H and O–H groups in total. The fraction of sp³-hybridized carbons (Fsp3) is 0.381. The van der Waals surface area contributed by atoms with Crippen molar-refractivity contribution in [1.82, 2.24) is 4.72 Å². The highest BCUT2D eigenvalue weighted by molar-refractivity contribution is 7.89. The molecule has 0 spiro atoms. The van der Waals surface area contributed by atoms with Gasteiger partial charge in [-0.3, -0.25) is 4.79 Å². The Bertz CT molecular complexity index is 1040. The molecular formula is C21H24F2N2O6S. The summed E-state index contributed by atoms with van der Waals surface area (Å²) in [6.07, 6.45) is 0.680. The summed E-state index contributed by atoms with van der Waals surface area (Å²) >= 11 is 0. The molecule has 3 rings (SSSR count). The second-order valence-electron chi connectivity index (χ2n) is 7.39. The fourth-order valence-corrected chi connectivity index (χ4v) is 4.34. The molecule has 174 valence electrons. The second kappa shape index (κ2) is 10.1. The number of amides is 1. The second-order valence-corrected chi connectivity index (χ2v) is 9.11. The molecule has 0 saturated carbocycles. The third-order valence-corrected chi connectivity index (χ3v) is 6.05. The lowest BCUT2D eigenvalue weighted by Crippen LogP contribution is -2.47.